The molecule has 0 unspecified atom stereocenters. The van der Waals surface area contributed by atoms with Gasteiger partial charge in [0.2, 0.25) is 20.0 Å². The van der Waals surface area contributed by atoms with E-state index in [-0.39, 0.29) is 14.9 Å². The summed E-state index contributed by atoms with van der Waals surface area (Å²) in [6.07, 6.45) is 0. The molecule has 0 spiro atoms. The van der Waals surface area contributed by atoms with Crippen molar-refractivity contribution in [3.8, 4) is 0 Å². The number of rotatable bonds is 3. The minimum atomic E-state index is -4.16. The largest absolute Gasteiger partial charge is 0.240 e. The molecular weight excluding hydrogens is 311 g/mol. The second kappa shape index (κ2) is 4.71. The van der Waals surface area contributed by atoms with Crippen LogP contribution < -0.4 is 9.86 Å². The smallest absolute Gasteiger partial charge is 0.225 e. The van der Waals surface area contributed by atoms with Gasteiger partial charge >= 0.3 is 0 Å². The molecule has 3 N–H and O–H groups in total. The van der Waals surface area contributed by atoms with Crippen molar-refractivity contribution in [3.63, 3.8) is 0 Å². The van der Waals surface area contributed by atoms with Gasteiger partial charge in [-0.3, -0.25) is 0 Å². The number of primary sulfonamides is 1. The number of sulfonamides is 2. The summed E-state index contributed by atoms with van der Waals surface area (Å²) in [4.78, 5) is -0.876. The SMILES string of the molecule is CNS(=O)(=O)c1cc(Cl)c(Cl)c(S(N)(=O)=O)c1. The van der Waals surface area contributed by atoms with Crippen LogP contribution in [0.2, 0.25) is 10.0 Å². The third kappa shape index (κ3) is 3.09. The molecule has 0 fully saturated rings. The van der Waals surface area contributed by atoms with Crippen LogP contribution in [0.5, 0.6) is 0 Å². The Morgan fingerprint density at radius 3 is 2.12 bits per heavy atom. The fourth-order valence-electron chi connectivity index (χ4n) is 1.02. The molecule has 0 saturated heterocycles. The highest BCUT2D eigenvalue weighted by Crippen LogP contribution is 2.31. The Morgan fingerprint density at radius 1 is 1.18 bits per heavy atom. The second-order valence-electron chi connectivity index (χ2n) is 2.97. The van der Waals surface area contributed by atoms with Gasteiger partial charge in [-0.15, -0.1) is 0 Å². The predicted octanol–water partition coefficient (Wildman–Crippen LogP) is 0.549. The molecule has 0 radical (unpaired) electrons. The van der Waals surface area contributed by atoms with Crippen LogP contribution in [0.3, 0.4) is 0 Å². The van der Waals surface area contributed by atoms with Crippen molar-refractivity contribution in [1.82, 2.24) is 4.72 Å². The van der Waals surface area contributed by atoms with Gasteiger partial charge in [-0.2, -0.15) is 0 Å². The molecule has 0 amide bonds. The van der Waals surface area contributed by atoms with Gasteiger partial charge < -0.3 is 0 Å². The van der Waals surface area contributed by atoms with Crippen molar-refractivity contribution < 1.29 is 16.8 Å². The summed E-state index contributed by atoms with van der Waals surface area (Å²) in [5, 5.41) is 4.36. The van der Waals surface area contributed by atoms with E-state index in [9.17, 15) is 16.8 Å². The van der Waals surface area contributed by atoms with E-state index in [0.717, 1.165) is 12.1 Å². The lowest BCUT2D eigenvalue weighted by molar-refractivity contribution is 0.587. The summed E-state index contributed by atoms with van der Waals surface area (Å²) in [7, 11) is -6.81. The van der Waals surface area contributed by atoms with Crippen molar-refractivity contribution >= 4 is 43.2 Å². The zero-order valence-corrected chi connectivity index (χ0v) is 11.6. The second-order valence-corrected chi connectivity index (χ2v) is 7.17. The third-order valence-corrected chi connectivity index (χ3v) is 5.10. The quantitative estimate of drug-likeness (QED) is 0.848. The molecule has 0 saturated carbocycles. The lowest BCUT2D eigenvalue weighted by atomic mass is 10.3. The molecule has 1 rings (SSSR count). The highest BCUT2D eigenvalue weighted by atomic mass is 35.5. The zero-order chi connectivity index (χ0) is 13.4. The maximum Gasteiger partial charge on any atom is 0.240 e. The molecule has 1 aromatic rings. The van der Waals surface area contributed by atoms with Crippen LogP contribution in [0.25, 0.3) is 0 Å². The monoisotopic (exact) mass is 318 g/mol. The molecule has 96 valence electrons. The number of hydrogen-bond acceptors (Lipinski definition) is 4. The van der Waals surface area contributed by atoms with E-state index >= 15 is 0 Å². The van der Waals surface area contributed by atoms with Crippen LogP contribution in [-0.2, 0) is 20.0 Å². The van der Waals surface area contributed by atoms with Gasteiger partial charge in [0.25, 0.3) is 0 Å². The molecule has 6 nitrogen and oxygen atoms in total. The van der Waals surface area contributed by atoms with Crippen LogP contribution in [0.4, 0.5) is 0 Å². The summed E-state index contributed by atoms with van der Waals surface area (Å²) in [6, 6.07) is 1.87. The van der Waals surface area contributed by atoms with Crippen LogP contribution >= 0.6 is 23.2 Å². The fraction of sp³-hybridized carbons (Fsp3) is 0.143. The molecule has 10 heteroatoms. The van der Waals surface area contributed by atoms with Crippen molar-refractivity contribution in [3.05, 3.63) is 22.2 Å². The summed E-state index contributed by atoms with van der Waals surface area (Å²) in [5.74, 6) is 0. The van der Waals surface area contributed by atoms with Gasteiger partial charge in [0, 0.05) is 0 Å². The van der Waals surface area contributed by atoms with Crippen LogP contribution in [0.15, 0.2) is 21.9 Å². The van der Waals surface area contributed by atoms with Gasteiger partial charge in [-0.05, 0) is 19.2 Å². The molecular formula is C7H8Cl2N2O4S2. The first-order valence-corrected chi connectivity index (χ1v) is 7.83. The lowest BCUT2D eigenvalue weighted by Crippen LogP contribution is -2.20. The summed E-state index contributed by atoms with van der Waals surface area (Å²) >= 11 is 11.3. The normalized spacial score (nSPS) is 12.7. The molecule has 17 heavy (non-hydrogen) atoms. The van der Waals surface area contributed by atoms with Gasteiger partial charge in [0.05, 0.1) is 14.9 Å². The molecule has 0 heterocycles. The molecule has 0 aromatic heterocycles. The van der Waals surface area contributed by atoms with E-state index in [0.29, 0.717) is 0 Å². The molecule has 0 bridgehead atoms. The van der Waals surface area contributed by atoms with Gasteiger partial charge in [-0.1, -0.05) is 23.2 Å². The Balaban J connectivity index is 3.68. The molecule has 0 aliphatic carbocycles. The fourth-order valence-corrected chi connectivity index (χ4v) is 3.30. The summed E-state index contributed by atoms with van der Waals surface area (Å²) in [5.41, 5.74) is 0. The number of halogens is 2. The van der Waals surface area contributed by atoms with E-state index in [4.69, 9.17) is 28.3 Å². The van der Waals surface area contributed by atoms with Crippen molar-refractivity contribution in [2.45, 2.75) is 9.79 Å². The Bertz CT molecular complexity index is 655. The van der Waals surface area contributed by atoms with E-state index < -0.39 is 24.9 Å². The van der Waals surface area contributed by atoms with Gasteiger partial charge in [0.1, 0.15) is 4.90 Å². The van der Waals surface area contributed by atoms with Crippen molar-refractivity contribution in [2.75, 3.05) is 7.05 Å². The Kier molecular flexibility index (Phi) is 4.07. The van der Waals surface area contributed by atoms with E-state index in [1.165, 1.54) is 7.05 Å². The Labute approximate surface area is 109 Å². The van der Waals surface area contributed by atoms with Gasteiger partial charge in [-0.25, -0.2) is 26.7 Å². The minimum Gasteiger partial charge on any atom is -0.225 e. The maximum atomic E-state index is 11.5. The first-order valence-electron chi connectivity index (χ1n) is 4.05. The number of nitrogens with one attached hydrogen (secondary N) is 1. The lowest BCUT2D eigenvalue weighted by Gasteiger charge is -2.08. The number of benzene rings is 1. The molecule has 0 atom stereocenters. The standard InChI is InChI=1S/C7H8Cl2N2O4S2/c1-11-17(14,15)4-2-5(8)7(9)6(3-4)16(10,12)13/h2-3,11H,1H3,(H2,10,12,13). The molecule has 1 aromatic carbocycles. The summed E-state index contributed by atoms with van der Waals surface area (Å²) in [6.45, 7) is 0. The highest BCUT2D eigenvalue weighted by Gasteiger charge is 2.21. The first-order chi connectivity index (χ1) is 7.59. The van der Waals surface area contributed by atoms with Crippen LogP contribution in [-0.4, -0.2) is 23.9 Å². The van der Waals surface area contributed by atoms with Crippen LogP contribution in [0, 0.1) is 0 Å². The maximum absolute atomic E-state index is 11.5. The highest BCUT2D eigenvalue weighted by molar-refractivity contribution is 7.90. The van der Waals surface area contributed by atoms with E-state index in [1.807, 2.05) is 4.72 Å². The summed E-state index contributed by atoms with van der Waals surface area (Å²) < 4.78 is 47.4. The Hall–Kier alpha value is -0.380. The predicted molar refractivity (Wildman–Crippen MR) is 64.1 cm³/mol. The van der Waals surface area contributed by atoms with Crippen LogP contribution in [0.1, 0.15) is 0 Å². The average molecular weight is 319 g/mol. The molecule has 0 aliphatic rings. The minimum absolute atomic E-state index is 0.216. The van der Waals surface area contributed by atoms with Crippen molar-refractivity contribution in [2.24, 2.45) is 5.14 Å². The van der Waals surface area contributed by atoms with E-state index in [2.05, 4.69) is 0 Å². The first kappa shape index (κ1) is 14.7. The average Bonchev–Trinajstić information content (AvgIpc) is 2.19. The van der Waals surface area contributed by atoms with Crippen molar-refractivity contribution in [1.29, 1.82) is 0 Å². The third-order valence-electron chi connectivity index (χ3n) is 1.85. The number of nitrogens with two attached hydrogens (primary N) is 1. The van der Waals surface area contributed by atoms with E-state index in [1.54, 1.807) is 0 Å². The zero-order valence-electron chi connectivity index (χ0n) is 8.44. The topological polar surface area (TPSA) is 106 Å². The van der Waals surface area contributed by atoms with Gasteiger partial charge in [0.15, 0.2) is 0 Å². The Morgan fingerprint density at radius 2 is 1.71 bits per heavy atom. The molecule has 0 aliphatic heterocycles. The number of hydrogen-bond donors (Lipinski definition) is 2.